The minimum Gasteiger partial charge on any atom is -0.486 e. The average Bonchev–Trinajstić information content (AvgIpc) is 3.49. The van der Waals surface area contributed by atoms with E-state index in [0.717, 1.165) is 12.2 Å². The number of furan rings is 1. The van der Waals surface area contributed by atoms with Crippen LogP contribution in [0.1, 0.15) is 53.6 Å². The van der Waals surface area contributed by atoms with Crippen LogP contribution in [0, 0.1) is 5.82 Å². The van der Waals surface area contributed by atoms with E-state index in [-0.39, 0.29) is 30.7 Å². The van der Waals surface area contributed by atoms with Crippen LogP contribution in [0.3, 0.4) is 0 Å². The summed E-state index contributed by atoms with van der Waals surface area (Å²) in [6.45, 7) is 4.75. The number of nitrogens with one attached hydrogen (secondary N) is 1. The number of rotatable bonds is 9. The van der Waals surface area contributed by atoms with Crippen molar-refractivity contribution < 1.29 is 18.3 Å². The van der Waals surface area contributed by atoms with Gasteiger partial charge in [-0.15, -0.1) is 5.10 Å². The zero-order chi connectivity index (χ0) is 23.2. The lowest BCUT2D eigenvalue weighted by molar-refractivity contribution is 0.0991. The van der Waals surface area contributed by atoms with E-state index in [9.17, 15) is 9.18 Å². The number of ether oxygens (including phenoxy) is 1. The summed E-state index contributed by atoms with van der Waals surface area (Å²) in [5.41, 5.74) is 1.75. The lowest BCUT2D eigenvalue weighted by Crippen LogP contribution is -2.12. The molecule has 0 saturated heterocycles. The molecule has 1 amide bonds. The Hall–Kier alpha value is -3.94. The van der Waals surface area contributed by atoms with Gasteiger partial charge in [0.1, 0.15) is 30.3 Å². The van der Waals surface area contributed by atoms with Crippen molar-refractivity contribution in [3.8, 4) is 5.75 Å². The predicted molar refractivity (Wildman–Crippen MR) is 122 cm³/mol. The van der Waals surface area contributed by atoms with Gasteiger partial charge in [0.25, 0.3) is 5.91 Å². The second-order valence-electron chi connectivity index (χ2n) is 7.74. The van der Waals surface area contributed by atoms with E-state index in [0.29, 0.717) is 17.2 Å². The molecule has 2 heterocycles. The summed E-state index contributed by atoms with van der Waals surface area (Å²) in [6.07, 6.45) is 2.51. The maximum Gasteiger partial charge on any atom is 0.293 e. The van der Waals surface area contributed by atoms with Crippen molar-refractivity contribution in [3.05, 3.63) is 95.5 Å². The zero-order valence-electron chi connectivity index (χ0n) is 18.5. The van der Waals surface area contributed by atoms with Crippen LogP contribution in [0.2, 0.25) is 0 Å². The molecule has 4 aromatic rings. The van der Waals surface area contributed by atoms with Crippen molar-refractivity contribution in [1.82, 2.24) is 14.8 Å². The van der Waals surface area contributed by atoms with Crippen molar-refractivity contribution in [1.29, 1.82) is 0 Å². The molecule has 0 fully saturated rings. The van der Waals surface area contributed by atoms with Crippen LogP contribution >= 0.6 is 0 Å². The summed E-state index contributed by atoms with van der Waals surface area (Å²) in [4.78, 5) is 16.5. The lowest BCUT2D eigenvalue weighted by Gasteiger charge is -2.10. The standard InChI is InChI=1S/C25H25FN4O3/c1-3-17(2)18-8-10-20(11-9-18)32-15-21-12-13-23(33-21)24(31)28-25-27-16-30(29-25)14-19-6-4-5-7-22(19)26/h4-13,16-17H,3,14-15H2,1-2H3,(H,28,29,31). The fourth-order valence-electron chi connectivity index (χ4n) is 3.25. The van der Waals surface area contributed by atoms with Gasteiger partial charge in [0.15, 0.2) is 5.76 Å². The third kappa shape index (κ3) is 5.65. The van der Waals surface area contributed by atoms with Gasteiger partial charge in [0.2, 0.25) is 5.95 Å². The topological polar surface area (TPSA) is 82.2 Å². The molecule has 0 radical (unpaired) electrons. The number of hydrogen-bond acceptors (Lipinski definition) is 5. The van der Waals surface area contributed by atoms with Crippen molar-refractivity contribution in [3.63, 3.8) is 0 Å². The van der Waals surface area contributed by atoms with Crippen LogP contribution in [0.5, 0.6) is 5.75 Å². The van der Waals surface area contributed by atoms with E-state index in [4.69, 9.17) is 9.15 Å². The van der Waals surface area contributed by atoms with Crippen LogP contribution in [0.15, 0.2) is 71.4 Å². The maximum atomic E-state index is 13.8. The Morgan fingerprint density at radius 2 is 1.94 bits per heavy atom. The van der Waals surface area contributed by atoms with Gasteiger partial charge in [-0.2, -0.15) is 0 Å². The molecule has 2 aromatic heterocycles. The van der Waals surface area contributed by atoms with Gasteiger partial charge >= 0.3 is 0 Å². The van der Waals surface area contributed by atoms with Gasteiger partial charge in [-0.1, -0.05) is 44.2 Å². The Morgan fingerprint density at radius 3 is 2.70 bits per heavy atom. The van der Waals surface area contributed by atoms with Gasteiger partial charge in [-0.05, 0) is 48.2 Å². The molecule has 170 valence electrons. The van der Waals surface area contributed by atoms with Crippen LogP contribution < -0.4 is 10.1 Å². The first-order valence-electron chi connectivity index (χ1n) is 10.8. The van der Waals surface area contributed by atoms with Crippen LogP contribution in [0.25, 0.3) is 0 Å². The van der Waals surface area contributed by atoms with Crippen molar-refractivity contribution in [2.75, 3.05) is 5.32 Å². The first-order chi connectivity index (χ1) is 16.0. The highest BCUT2D eigenvalue weighted by molar-refractivity contribution is 6.01. The van der Waals surface area contributed by atoms with Crippen molar-refractivity contribution in [2.24, 2.45) is 0 Å². The highest BCUT2D eigenvalue weighted by atomic mass is 19.1. The number of nitrogens with zero attached hydrogens (tertiary/aromatic N) is 3. The number of carbonyl (C=O) groups is 1. The molecule has 0 aliphatic heterocycles. The SMILES string of the molecule is CCC(C)c1ccc(OCc2ccc(C(=O)Nc3ncn(Cc4ccccc4F)n3)o2)cc1. The molecule has 7 nitrogen and oxygen atoms in total. The molecular formula is C25H25FN4O3. The molecule has 0 spiro atoms. The molecule has 2 aromatic carbocycles. The van der Waals surface area contributed by atoms with Gasteiger partial charge < -0.3 is 9.15 Å². The third-order valence-corrected chi connectivity index (χ3v) is 5.38. The third-order valence-electron chi connectivity index (χ3n) is 5.38. The second kappa shape index (κ2) is 10.1. The fraction of sp³-hybridized carbons (Fsp3) is 0.240. The Balaban J connectivity index is 1.31. The van der Waals surface area contributed by atoms with E-state index < -0.39 is 5.91 Å². The van der Waals surface area contributed by atoms with Gasteiger partial charge in [-0.25, -0.2) is 14.1 Å². The molecule has 0 bridgehead atoms. The van der Waals surface area contributed by atoms with E-state index in [1.54, 1.807) is 30.3 Å². The number of benzene rings is 2. The van der Waals surface area contributed by atoms with Crippen LogP contribution in [0.4, 0.5) is 10.3 Å². The van der Waals surface area contributed by atoms with Gasteiger partial charge in [0.05, 0.1) is 6.54 Å². The summed E-state index contributed by atoms with van der Waals surface area (Å²) in [5, 5.41) is 6.74. The Bertz CT molecular complexity index is 1220. The van der Waals surface area contributed by atoms with E-state index >= 15 is 0 Å². The summed E-state index contributed by atoms with van der Waals surface area (Å²) in [6, 6.07) is 17.7. The average molecular weight is 448 g/mol. The van der Waals surface area contributed by atoms with Crippen molar-refractivity contribution >= 4 is 11.9 Å². The molecule has 8 heteroatoms. The Labute approximate surface area is 191 Å². The van der Waals surface area contributed by atoms with Crippen molar-refractivity contribution in [2.45, 2.75) is 39.3 Å². The quantitative estimate of drug-likeness (QED) is 0.371. The minimum atomic E-state index is -0.484. The van der Waals surface area contributed by atoms with E-state index in [1.165, 1.54) is 22.6 Å². The minimum absolute atomic E-state index is 0.104. The number of amides is 1. The second-order valence-corrected chi connectivity index (χ2v) is 7.74. The van der Waals surface area contributed by atoms with Crippen LogP contribution in [-0.2, 0) is 13.2 Å². The number of halogens is 1. The molecule has 33 heavy (non-hydrogen) atoms. The number of carbonyl (C=O) groups excluding carboxylic acids is 1. The molecular weight excluding hydrogens is 423 g/mol. The molecule has 4 rings (SSSR count). The first kappa shape index (κ1) is 22.3. The van der Waals surface area contributed by atoms with Gasteiger partial charge in [-0.3, -0.25) is 10.1 Å². The Kier molecular flexibility index (Phi) is 6.83. The Morgan fingerprint density at radius 1 is 1.15 bits per heavy atom. The molecule has 0 aliphatic carbocycles. The molecule has 0 aliphatic rings. The van der Waals surface area contributed by atoms with Crippen LogP contribution in [-0.4, -0.2) is 20.7 Å². The smallest absolute Gasteiger partial charge is 0.293 e. The zero-order valence-corrected chi connectivity index (χ0v) is 18.5. The monoisotopic (exact) mass is 448 g/mol. The normalized spacial score (nSPS) is 11.8. The number of anilines is 1. The first-order valence-corrected chi connectivity index (χ1v) is 10.8. The highest BCUT2D eigenvalue weighted by Gasteiger charge is 2.14. The molecule has 1 unspecified atom stereocenters. The largest absolute Gasteiger partial charge is 0.486 e. The fourth-order valence-corrected chi connectivity index (χ4v) is 3.25. The predicted octanol–water partition coefficient (Wildman–Crippen LogP) is 5.40. The number of aromatic nitrogens is 3. The summed E-state index contributed by atoms with van der Waals surface area (Å²) >= 11 is 0. The maximum absolute atomic E-state index is 13.8. The summed E-state index contributed by atoms with van der Waals surface area (Å²) in [7, 11) is 0. The summed E-state index contributed by atoms with van der Waals surface area (Å²) in [5.74, 6) is 1.17. The molecule has 1 atom stereocenters. The molecule has 1 N–H and O–H groups in total. The van der Waals surface area contributed by atoms with E-state index in [1.807, 2.05) is 12.1 Å². The highest BCUT2D eigenvalue weighted by Crippen LogP contribution is 2.22. The lowest BCUT2D eigenvalue weighted by atomic mass is 9.99. The van der Waals surface area contributed by atoms with E-state index in [2.05, 4.69) is 41.4 Å². The summed E-state index contributed by atoms with van der Waals surface area (Å²) < 4.78 is 26.6. The number of hydrogen-bond donors (Lipinski definition) is 1. The molecule has 0 saturated carbocycles. The van der Waals surface area contributed by atoms with Gasteiger partial charge in [0, 0.05) is 5.56 Å².